The van der Waals surface area contributed by atoms with Gasteiger partial charge in [-0.25, -0.2) is 0 Å². The average molecular weight is 385 g/mol. The number of rotatable bonds is 12. The first-order valence-corrected chi connectivity index (χ1v) is 9.68. The van der Waals surface area contributed by atoms with Crippen LogP contribution < -0.4 is 14.2 Å². The highest BCUT2D eigenvalue weighted by Gasteiger charge is 2.12. The molecule has 0 saturated heterocycles. The molecule has 0 atom stereocenters. The van der Waals surface area contributed by atoms with E-state index in [9.17, 15) is 0 Å². The minimum absolute atomic E-state index is 0.657. The summed E-state index contributed by atoms with van der Waals surface area (Å²) < 4.78 is 20.5. The predicted molar refractivity (Wildman–Crippen MR) is 112 cm³/mol. The fourth-order valence-electron chi connectivity index (χ4n) is 2.11. The summed E-state index contributed by atoms with van der Waals surface area (Å²) in [6.07, 6.45) is 0. The summed E-state index contributed by atoms with van der Waals surface area (Å²) in [7, 11) is 19.4. The zero-order valence-corrected chi connectivity index (χ0v) is 19.0. The number of quaternary nitrogens is 3. The fraction of sp³-hybridized carbons (Fsp3) is 0.714. The van der Waals surface area contributed by atoms with Gasteiger partial charge in [0.2, 0.25) is 0 Å². The molecule has 0 radical (unpaired) electrons. The third kappa shape index (κ3) is 12.5. The van der Waals surface area contributed by atoms with Gasteiger partial charge >= 0.3 is 0 Å². The average Bonchev–Trinajstić information content (AvgIpc) is 2.43. The van der Waals surface area contributed by atoms with E-state index in [1.54, 1.807) is 0 Å². The molecule has 0 unspecified atom stereocenters. The van der Waals surface area contributed by atoms with Crippen LogP contribution in [-0.4, -0.2) is 116 Å². The number of likely N-dealkylation sites (N-methyl/N-ethyl adjacent to an activating group) is 3. The molecule has 0 heterocycles. The van der Waals surface area contributed by atoms with Crippen molar-refractivity contribution < 1.29 is 27.7 Å². The lowest BCUT2D eigenvalue weighted by molar-refractivity contribution is -0.870. The second-order valence-corrected chi connectivity index (χ2v) is 10.2. The maximum atomic E-state index is 5.97. The van der Waals surface area contributed by atoms with Crippen molar-refractivity contribution in [3.63, 3.8) is 0 Å². The molecule has 1 aromatic rings. The van der Waals surface area contributed by atoms with E-state index < -0.39 is 0 Å². The van der Waals surface area contributed by atoms with Gasteiger partial charge < -0.3 is 27.7 Å². The Balaban J connectivity index is 2.77. The number of ether oxygens (including phenoxy) is 3. The summed E-state index contributed by atoms with van der Waals surface area (Å²) in [4.78, 5) is 0. The Labute approximate surface area is 166 Å². The molecule has 0 saturated carbocycles. The van der Waals surface area contributed by atoms with Gasteiger partial charge in [0.1, 0.15) is 56.7 Å². The normalized spacial score (nSPS) is 12.8. The van der Waals surface area contributed by atoms with E-state index in [4.69, 9.17) is 14.2 Å². The standard InChI is InChI=1S/C21H42N3O3/c1-22(2,3)10-13-25-19-16-20(26-14-11-23(4,5)6)18-21(17-19)27-15-12-24(7,8)9/h16-18H,10-15H2,1-9H3/q+3. The van der Waals surface area contributed by atoms with Crippen molar-refractivity contribution in [2.45, 2.75) is 0 Å². The van der Waals surface area contributed by atoms with Crippen LogP contribution in [0.15, 0.2) is 18.2 Å². The molecule has 0 aliphatic rings. The number of hydrogen-bond acceptors (Lipinski definition) is 3. The molecule has 6 heteroatoms. The van der Waals surface area contributed by atoms with Crippen molar-refractivity contribution in [1.82, 2.24) is 0 Å². The van der Waals surface area contributed by atoms with Crippen LogP contribution in [0.4, 0.5) is 0 Å². The smallest absolute Gasteiger partial charge is 0.137 e. The van der Waals surface area contributed by atoms with Crippen molar-refractivity contribution in [2.75, 3.05) is 103 Å². The van der Waals surface area contributed by atoms with Gasteiger partial charge in [0.25, 0.3) is 0 Å². The monoisotopic (exact) mass is 384 g/mol. The molecule has 0 fully saturated rings. The minimum atomic E-state index is 0.657. The Morgan fingerprint density at radius 3 is 0.889 bits per heavy atom. The molecular formula is C21H42N3O3+3. The highest BCUT2D eigenvalue weighted by molar-refractivity contribution is 5.42. The quantitative estimate of drug-likeness (QED) is 0.516. The first-order chi connectivity index (χ1) is 12.2. The molecular weight excluding hydrogens is 342 g/mol. The second-order valence-electron chi connectivity index (χ2n) is 10.2. The molecule has 27 heavy (non-hydrogen) atoms. The molecule has 0 bridgehead atoms. The Morgan fingerprint density at radius 2 is 0.704 bits per heavy atom. The predicted octanol–water partition coefficient (Wildman–Crippen LogP) is 1.94. The molecule has 0 spiro atoms. The largest absolute Gasteiger partial charge is 0.487 e. The number of hydrogen-bond donors (Lipinski definition) is 0. The maximum Gasteiger partial charge on any atom is 0.137 e. The summed E-state index contributed by atoms with van der Waals surface area (Å²) in [6, 6.07) is 5.87. The lowest BCUT2D eigenvalue weighted by atomic mass is 10.3. The van der Waals surface area contributed by atoms with Gasteiger partial charge in [-0.05, 0) is 0 Å². The lowest BCUT2D eigenvalue weighted by Gasteiger charge is -2.25. The van der Waals surface area contributed by atoms with E-state index in [1.807, 2.05) is 18.2 Å². The minimum Gasteiger partial charge on any atom is -0.487 e. The van der Waals surface area contributed by atoms with Crippen molar-refractivity contribution in [3.05, 3.63) is 18.2 Å². The zero-order chi connectivity index (χ0) is 20.7. The molecule has 1 aromatic carbocycles. The fourth-order valence-corrected chi connectivity index (χ4v) is 2.11. The van der Waals surface area contributed by atoms with Crippen LogP contribution in [0.5, 0.6) is 17.2 Å². The molecule has 1 rings (SSSR count). The molecule has 0 aliphatic heterocycles. The highest BCUT2D eigenvalue weighted by atomic mass is 16.5. The molecule has 0 amide bonds. The van der Waals surface area contributed by atoms with E-state index in [-0.39, 0.29) is 0 Å². The lowest BCUT2D eigenvalue weighted by Crippen LogP contribution is -2.38. The topological polar surface area (TPSA) is 27.7 Å². The SMILES string of the molecule is C[N+](C)(C)CCOc1cc(OCC[N+](C)(C)C)cc(OCC[N+](C)(C)C)c1. The second kappa shape index (κ2) is 9.62. The third-order valence-corrected chi connectivity index (χ3v) is 3.95. The van der Waals surface area contributed by atoms with Gasteiger partial charge in [0.15, 0.2) is 0 Å². The van der Waals surface area contributed by atoms with Crippen LogP contribution in [0.25, 0.3) is 0 Å². The van der Waals surface area contributed by atoms with Crippen molar-refractivity contribution >= 4 is 0 Å². The zero-order valence-electron chi connectivity index (χ0n) is 19.0. The first-order valence-electron chi connectivity index (χ1n) is 9.68. The van der Waals surface area contributed by atoms with Gasteiger partial charge in [-0.1, -0.05) is 0 Å². The molecule has 156 valence electrons. The van der Waals surface area contributed by atoms with Crippen LogP contribution in [-0.2, 0) is 0 Å². The first kappa shape index (κ1) is 23.5. The Kier molecular flexibility index (Phi) is 8.39. The maximum absolute atomic E-state index is 5.97. The van der Waals surface area contributed by atoms with E-state index in [0.29, 0.717) is 19.8 Å². The number of benzene rings is 1. The third-order valence-electron chi connectivity index (χ3n) is 3.95. The van der Waals surface area contributed by atoms with Gasteiger partial charge in [-0.2, -0.15) is 0 Å². The highest BCUT2D eigenvalue weighted by Crippen LogP contribution is 2.28. The summed E-state index contributed by atoms with van der Waals surface area (Å²) in [6.45, 7) is 4.78. The van der Waals surface area contributed by atoms with Crippen LogP contribution in [0.2, 0.25) is 0 Å². The van der Waals surface area contributed by atoms with E-state index in [2.05, 4.69) is 63.4 Å². The van der Waals surface area contributed by atoms with Crippen molar-refractivity contribution in [3.8, 4) is 17.2 Å². The summed E-state index contributed by atoms with van der Waals surface area (Å²) >= 11 is 0. The Bertz CT molecular complexity index is 476. The van der Waals surface area contributed by atoms with Gasteiger partial charge in [-0.15, -0.1) is 0 Å². The van der Waals surface area contributed by atoms with Gasteiger partial charge in [-0.3, -0.25) is 0 Å². The van der Waals surface area contributed by atoms with Crippen LogP contribution in [0.3, 0.4) is 0 Å². The Hall–Kier alpha value is -1.50. The van der Waals surface area contributed by atoms with Crippen LogP contribution in [0, 0.1) is 0 Å². The molecule has 0 N–H and O–H groups in total. The summed E-state index contributed by atoms with van der Waals surface area (Å²) in [5, 5.41) is 0. The van der Waals surface area contributed by atoms with E-state index in [0.717, 1.165) is 50.3 Å². The number of nitrogens with zero attached hydrogens (tertiary/aromatic N) is 3. The molecule has 0 aromatic heterocycles. The van der Waals surface area contributed by atoms with E-state index >= 15 is 0 Å². The van der Waals surface area contributed by atoms with Crippen LogP contribution >= 0.6 is 0 Å². The summed E-state index contributed by atoms with van der Waals surface area (Å²) in [5.74, 6) is 2.39. The van der Waals surface area contributed by atoms with Gasteiger partial charge in [0.05, 0.1) is 63.4 Å². The molecule has 0 aliphatic carbocycles. The molecule has 6 nitrogen and oxygen atoms in total. The van der Waals surface area contributed by atoms with Crippen molar-refractivity contribution in [2.24, 2.45) is 0 Å². The van der Waals surface area contributed by atoms with E-state index in [1.165, 1.54) is 0 Å². The Morgan fingerprint density at radius 1 is 0.481 bits per heavy atom. The summed E-state index contributed by atoms with van der Waals surface area (Å²) in [5.41, 5.74) is 0. The van der Waals surface area contributed by atoms with Crippen molar-refractivity contribution in [1.29, 1.82) is 0 Å². The van der Waals surface area contributed by atoms with Gasteiger partial charge in [0, 0.05) is 18.2 Å². The van der Waals surface area contributed by atoms with Crippen LogP contribution in [0.1, 0.15) is 0 Å².